The van der Waals surface area contributed by atoms with Gasteiger partial charge in [-0.2, -0.15) is 0 Å². The maximum absolute atomic E-state index is 5.95. The monoisotopic (exact) mass is 324 g/mol. The summed E-state index contributed by atoms with van der Waals surface area (Å²) in [5.74, 6) is 1.16. The normalized spacial score (nSPS) is 15.9. The molecule has 8 heteroatoms. The van der Waals surface area contributed by atoms with Crippen LogP contribution >= 0.6 is 23.5 Å². The number of piperidine rings is 1. The molecule has 2 N–H and O–H groups in total. The van der Waals surface area contributed by atoms with E-state index in [1.165, 1.54) is 42.8 Å². The van der Waals surface area contributed by atoms with E-state index in [0.29, 0.717) is 11.5 Å². The third-order valence-corrected chi connectivity index (χ3v) is 5.01. The van der Waals surface area contributed by atoms with Gasteiger partial charge in [-0.25, -0.2) is 4.98 Å². The number of thioether (sulfide) groups is 2. The standard InChI is InChI=1S/C13H20N6S2/c1-20-13(21-2)18-17-12(14)10-8-15-9-11(16-10)19-6-4-3-5-7-19/h8-9H,3-7H2,1-2H3,(H2,14,17). The van der Waals surface area contributed by atoms with Gasteiger partial charge in [-0.1, -0.05) is 0 Å². The second-order valence-electron chi connectivity index (χ2n) is 4.57. The lowest BCUT2D eigenvalue weighted by Gasteiger charge is -2.27. The third-order valence-electron chi connectivity index (χ3n) is 3.15. The van der Waals surface area contributed by atoms with Crippen LogP contribution in [0, 0.1) is 0 Å². The van der Waals surface area contributed by atoms with Crippen LogP contribution in [0.3, 0.4) is 0 Å². The van der Waals surface area contributed by atoms with Gasteiger partial charge in [-0.05, 0) is 31.8 Å². The Bertz CT molecular complexity index is 519. The van der Waals surface area contributed by atoms with Crippen molar-refractivity contribution in [3.63, 3.8) is 0 Å². The number of hydrogen-bond donors (Lipinski definition) is 1. The minimum Gasteiger partial charge on any atom is -0.380 e. The van der Waals surface area contributed by atoms with Gasteiger partial charge in [0.1, 0.15) is 11.5 Å². The average molecular weight is 324 g/mol. The first-order valence-corrected chi connectivity index (χ1v) is 9.26. The van der Waals surface area contributed by atoms with Crippen molar-refractivity contribution in [2.45, 2.75) is 19.3 Å². The van der Waals surface area contributed by atoms with Crippen molar-refractivity contribution in [3.05, 3.63) is 18.1 Å². The number of anilines is 1. The summed E-state index contributed by atoms with van der Waals surface area (Å²) in [6.07, 6.45) is 11.0. The third kappa shape index (κ3) is 4.60. The number of hydrogen-bond acceptors (Lipinski definition) is 7. The molecule has 6 nitrogen and oxygen atoms in total. The van der Waals surface area contributed by atoms with Crippen LogP contribution < -0.4 is 10.6 Å². The van der Waals surface area contributed by atoms with Crippen LogP contribution in [0.2, 0.25) is 0 Å². The highest BCUT2D eigenvalue weighted by Gasteiger charge is 2.13. The molecule has 2 rings (SSSR count). The van der Waals surface area contributed by atoms with Crippen molar-refractivity contribution in [2.24, 2.45) is 15.9 Å². The Morgan fingerprint density at radius 1 is 1.14 bits per heavy atom. The molecule has 0 saturated carbocycles. The highest BCUT2D eigenvalue weighted by atomic mass is 32.2. The van der Waals surface area contributed by atoms with E-state index in [4.69, 9.17) is 5.73 Å². The van der Waals surface area contributed by atoms with E-state index in [-0.39, 0.29) is 0 Å². The first kappa shape index (κ1) is 16.1. The second kappa shape index (κ2) is 8.23. The predicted molar refractivity (Wildman–Crippen MR) is 93.3 cm³/mol. The van der Waals surface area contributed by atoms with Gasteiger partial charge in [0.2, 0.25) is 0 Å². The van der Waals surface area contributed by atoms with Crippen molar-refractivity contribution in [2.75, 3.05) is 30.5 Å². The van der Waals surface area contributed by atoms with Crippen LogP contribution in [-0.2, 0) is 0 Å². The van der Waals surface area contributed by atoms with Crippen LogP contribution in [0.15, 0.2) is 22.6 Å². The minimum absolute atomic E-state index is 0.293. The number of aromatic nitrogens is 2. The summed E-state index contributed by atoms with van der Waals surface area (Å²) >= 11 is 3.08. The minimum atomic E-state index is 0.293. The molecule has 21 heavy (non-hydrogen) atoms. The van der Waals surface area contributed by atoms with Gasteiger partial charge in [-0.3, -0.25) is 4.98 Å². The molecule has 0 unspecified atom stereocenters. The molecule has 0 aromatic carbocycles. The Morgan fingerprint density at radius 3 is 2.52 bits per heavy atom. The lowest BCUT2D eigenvalue weighted by atomic mass is 10.1. The topological polar surface area (TPSA) is 79.8 Å². The molecule has 114 valence electrons. The summed E-state index contributed by atoms with van der Waals surface area (Å²) in [5.41, 5.74) is 6.53. The fourth-order valence-corrected chi connectivity index (χ4v) is 2.98. The molecule has 1 aromatic rings. The fraction of sp³-hybridized carbons (Fsp3) is 0.538. The summed E-state index contributed by atoms with van der Waals surface area (Å²) in [4.78, 5) is 11.0. The molecule has 1 aliphatic heterocycles. The molecule has 0 radical (unpaired) electrons. The maximum atomic E-state index is 5.95. The van der Waals surface area contributed by atoms with Crippen molar-refractivity contribution in [1.29, 1.82) is 0 Å². The highest BCUT2D eigenvalue weighted by Crippen LogP contribution is 2.17. The summed E-state index contributed by atoms with van der Waals surface area (Å²) in [5, 5.41) is 8.15. The fourth-order valence-electron chi connectivity index (χ4n) is 2.07. The van der Waals surface area contributed by atoms with Gasteiger partial charge in [0, 0.05) is 13.1 Å². The first-order chi connectivity index (χ1) is 10.2. The Kier molecular flexibility index (Phi) is 6.31. The van der Waals surface area contributed by atoms with E-state index in [1.54, 1.807) is 12.4 Å². The Hall–Kier alpha value is -1.28. The quantitative estimate of drug-likeness (QED) is 0.521. The molecule has 1 saturated heterocycles. The summed E-state index contributed by atoms with van der Waals surface area (Å²) < 4.78 is 0.859. The molecule has 1 fully saturated rings. The lowest BCUT2D eigenvalue weighted by Crippen LogP contribution is -2.31. The van der Waals surface area contributed by atoms with Crippen LogP contribution in [-0.4, -0.2) is 45.8 Å². The number of rotatable bonds is 3. The van der Waals surface area contributed by atoms with Gasteiger partial charge >= 0.3 is 0 Å². The van der Waals surface area contributed by atoms with Crippen molar-refractivity contribution < 1.29 is 0 Å². The zero-order valence-electron chi connectivity index (χ0n) is 12.3. The van der Waals surface area contributed by atoms with Crippen LogP contribution in [0.5, 0.6) is 0 Å². The van der Waals surface area contributed by atoms with E-state index in [9.17, 15) is 0 Å². The van der Waals surface area contributed by atoms with E-state index in [2.05, 4.69) is 25.1 Å². The smallest absolute Gasteiger partial charge is 0.173 e. The molecule has 1 aliphatic rings. The molecular formula is C13H20N6S2. The van der Waals surface area contributed by atoms with E-state index in [0.717, 1.165) is 23.3 Å². The van der Waals surface area contributed by atoms with Crippen LogP contribution in [0.25, 0.3) is 0 Å². The molecule has 0 spiro atoms. The predicted octanol–water partition coefficient (Wildman–Crippen LogP) is 2.17. The number of nitrogens with two attached hydrogens (primary N) is 1. The molecule has 0 bridgehead atoms. The van der Waals surface area contributed by atoms with E-state index in [1.807, 2.05) is 12.5 Å². The van der Waals surface area contributed by atoms with Gasteiger partial charge in [0.05, 0.1) is 12.4 Å². The largest absolute Gasteiger partial charge is 0.380 e. The zero-order valence-corrected chi connectivity index (χ0v) is 14.0. The summed E-state index contributed by atoms with van der Waals surface area (Å²) in [6, 6.07) is 0. The number of amidine groups is 1. The van der Waals surface area contributed by atoms with E-state index >= 15 is 0 Å². The first-order valence-electron chi connectivity index (χ1n) is 6.81. The van der Waals surface area contributed by atoms with Crippen molar-refractivity contribution in [1.82, 2.24) is 9.97 Å². The maximum Gasteiger partial charge on any atom is 0.173 e. The Labute approximate surface area is 133 Å². The average Bonchev–Trinajstić information content (AvgIpc) is 2.56. The molecule has 0 aliphatic carbocycles. The van der Waals surface area contributed by atoms with Gasteiger partial charge in [0.15, 0.2) is 10.2 Å². The van der Waals surface area contributed by atoms with Crippen LogP contribution in [0.4, 0.5) is 5.82 Å². The molecule has 1 aromatic heterocycles. The molecular weight excluding hydrogens is 304 g/mol. The van der Waals surface area contributed by atoms with Gasteiger partial charge in [0.25, 0.3) is 0 Å². The second-order valence-corrected chi connectivity index (χ2v) is 6.42. The van der Waals surface area contributed by atoms with Gasteiger partial charge in [-0.15, -0.1) is 33.7 Å². The SMILES string of the molecule is CSC(=N/N=C(/N)c1cncc(N2CCCCC2)n1)SC. The molecule has 0 amide bonds. The molecule has 0 atom stereocenters. The summed E-state index contributed by atoms with van der Waals surface area (Å²) in [7, 11) is 0. The lowest BCUT2D eigenvalue weighted by molar-refractivity contribution is 0.572. The Balaban J connectivity index is 2.16. The Morgan fingerprint density at radius 2 is 1.86 bits per heavy atom. The van der Waals surface area contributed by atoms with Crippen molar-refractivity contribution in [3.8, 4) is 0 Å². The summed E-state index contributed by atoms with van der Waals surface area (Å²) in [6.45, 7) is 2.05. The number of nitrogens with zero attached hydrogens (tertiary/aromatic N) is 5. The van der Waals surface area contributed by atoms with Crippen LogP contribution in [0.1, 0.15) is 25.0 Å². The van der Waals surface area contributed by atoms with E-state index < -0.39 is 0 Å². The van der Waals surface area contributed by atoms with Crippen molar-refractivity contribution >= 4 is 39.6 Å². The highest BCUT2D eigenvalue weighted by molar-refractivity contribution is 8.38. The van der Waals surface area contributed by atoms with Gasteiger partial charge < -0.3 is 10.6 Å². The zero-order chi connectivity index (χ0) is 15.1. The molecule has 2 heterocycles.